The van der Waals surface area contributed by atoms with Gasteiger partial charge in [0.2, 0.25) is 0 Å². The molecule has 0 saturated carbocycles. The molecule has 0 unspecified atom stereocenters. The molecule has 3 heterocycles. The van der Waals surface area contributed by atoms with Crippen molar-refractivity contribution in [3.8, 4) is 16.9 Å². The van der Waals surface area contributed by atoms with Crippen LogP contribution in [0.15, 0.2) is 58.5 Å². The highest BCUT2D eigenvalue weighted by Gasteiger charge is 2.12. The topological polar surface area (TPSA) is 109 Å². The first-order chi connectivity index (χ1) is 13.5. The van der Waals surface area contributed by atoms with Crippen molar-refractivity contribution in [1.82, 2.24) is 29.9 Å². The predicted molar refractivity (Wildman–Crippen MR) is 105 cm³/mol. The van der Waals surface area contributed by atoms with Crippen molar-refractivity contribution in [2.75, 3.05) is 0 Å². The van der Waals surface area contributed by atoms with Gasteiger partial charge in [0.1, 0.15) is 5.69 Å². The van der Waals surface area contributed by atoms with Gasteiger partial charge in [-0.2, -0.15) is 10.2 Å². The SMILES string of the molecule is Cc1nnc(-c2c[nH]c(=O)[nH]c2=O)cc1-n1cc(Cc2ccc(Cl)cc2)cn1. The van der Waals surface area contributed by atoms with E-state index in [1.807, 2.05) is 37.4 Å². The molecule has 0 aliphatic rings. The highest BCUT2D eigenvalue weighted by atomic mass is 35.5. The molecular weight excluding hydrogens is 380 g/mol. The van der Waals surface area contributed by atoms with Gasteiger partial charge < -0.3 is 4.98 Å². The zero-order valence-electron chi connectivity index (χ0n) is 14.8. The second-order valence-corrected chi connectivity index (χ2v) is 6.72. The van der Waals surface area contributed by atoms with E-state index in [-0.39, 0.29) is 5.56 Å². The van der Waals surface area contributed by atoms with Gasteiger partial charge in [0.25, 0.3) is 5.56 Å². The summed E-state index contributed by atoms with van der Waals surface area (Å²) in [7, 11) is 0. The molecule has 0 aliphatic carbocycles. The molecule has 0 radical (unpaired) electrons. The van der Waals surface area contributed by atoms with Crippen LogP contribution in [0.1, 0.15) is 16.8 Å². The van der Waals surface area contributed by atoms with Crippen molar-refractivity contribution in [3.05, 3.63) is 91.6 Å². The van der Waals surface area contributed by atoms with Crippen LogP contribution < -0.4 is 11.2 Å². The monoisotopic (exact) mass is 394 g/mol. The maximum absolute atomic E-state index is 12.0. The van der Waals surface area contributed by atoms with Crippen LogP contribution in [0.3, 0.4) is 0 Å². The molecule has 28 heavy (non-hydrogen) atoms. The summed E-state index contributed by atoms with van der Waals surface area (Å²) in [5.74, 6) is 0. The Kier molecular flexibility index (Phi) is 4.62. The summed E-state index contributed by atoms with van der Waals surface area (Å²) in [6, 6.07) is 9.36. The smallest absolute Gasteiger partial charge is 0.313 e. The summed E-state index contributed by atoms with van der Waals surface area (Å²) < 4.78 is 1.69. The number of halogens is 1. The van der Waals surface area contributed by atoms with Gasteiger partial charge in [0.15, 0.2) is 0 Å². The molecule has 4 aromatic rings. The first-order valence-electron chi connectivity index (χ1n) is 8.44. The minimum absolute atomic E-state index is 0.224. The number of rotatable bonds is 4. The minimum Gasteiger partial charge on any atom is -0.313 e. The number of nitrogens with zero attached hydrogens (tertiary/aromatic N) is 4. The molecule has 0 bridgehead atoms. The highest BCUT2D eigenvalue weighted by molar-refractivity contribution is 6.30. The van der Waals surface area contributed by atoms with Crippen LogP contribution in [0.5, 0.6) is 0 Å². The van der Waals surface area contributed by atoms with Crippen molar-refractivity contribution >= 4 is 11.6 Å². The van der Waals surface area contributed by atoms with Crippen LogP contribution in [-0.2, 0) is 6.42 Å². The highest BCUT2D eigenvalue weighted by Crippen LogP contribution is 2.19. The van der Waals surface area contributed by atoms with Crippen LogP contribution in [-0.4, -0.2) is 29.9 Å². The van der Waals surface area contributed by atoms with Gasteiger partial charge in [-0.25, -0.2) is 9.48 Å². The lowest BCUT2D eigenvalue weighted by molar-refractivity contribution is 0.841. The van der Waals surface area contributed by atoms with Gasteiger partial charge in [-0.1, -0.05) is 23.7 Å². The number of nitrogens with one attached hydrogen (secondary N) is 2. The van der Waals surface area contributed by atoms with Gasteiger partial charge in [0.05, 0.1) is 23.1 Å². The number of hydrogen-bond donors (Lipinski definition) is 2. The first kappa shape index (κ1) is 17.9. The Morgan fingerprint density at radius 3 is 2.64 bits per heavy atom. The number of aryl methyl sites for hydroxylation is 1. The molecule has 4 rings (SSSR count). The minimum atomic E-state index is -0.576. The lowest BCUT2D eigenvalue weighted by Gasteiger charge is -2.06. The summed E-state index contributed by atoms with van der Waals surface area (Å²) in [5.41, 5.74) is 2.94. The van der Waals surface area contributed by atoms with Crippen LogP contribution in [0.4, 0.5) is 0 Å². The van der Waals surface area contributed by atoms with Crippen LogP contribution in [0.25, 0.3) is 16.9 Å². The van der Waals surface area contributed by atoms with Crippen LogP contribution in [0.2, 0.25) is 5.02 Å². The summed E-state index contributed by atoms with van der Waals surface area (Å²) in [5, 5.41) is 13.3. The predicted octanol–water partition coefficient (Wildman–Crippen LogP) is 2.26. The Balaban J connectivity index is 1.68. The maximum atomic E-state index is 12.0. The molecule has 0 aliphatic heterocycles. The van der Waals surface area contributed by atoms with Crippen molar-refractivity contribution in [1.29, 1.82) is 0 Å². The average molecular weight is 395 g/mol. The number of benzene rings is 1. The molecule has 2 N–H and O–H groups in total. The van der Waals surface area contributed by atoms with Gasteiger partial charge in [0, 0.05) is 23.8 Å². The van der Waals surface area contributed by atoms with Crippen molar-refractivity contribution in [3.63, 3.8) is 0 Å². The molecule has 0 amide bonds. The summed E-state index contributed by atoms with van der Waals surface area (Å²) in [4.78, 5) is 27.9. The Bertz CT molecular complexity index is 1260. The second kappa shape index (κ2) is 7.24. The van der Waals surface area contributed by atoms with E-state index in [1.54, 1.807) is 16.9 Å². The third kappa shape index (κ3) is 3.63. The fraction of sp³-hybridized carbons (Fsp3) is 0.105. The Morgan fingerprint density at radius 1 is 1.11 bits per heavy atom. The zero-order chi connectivity index (χ0) is 19.7. The summed E-state index contributed by atoms with van der Waals surface area (Å²) in [6.45, 7) is 1.81. The van der Waals surface area contributed by atoms with E-state index in [0.717, 1.165) is 11.1 Å². The fourth-order valence-electron chi connectivity index (χ4n) is 2.83. The molecule has 3 aromatic heterocycles. The molecule has 0 atom stereocenters. The Hall–Kier alpha value is -3.52. The van der Waals surface area contributed by atoms with E-state index < -0.39 is 11.2 Å². The number of H-pyrrole nitrogens is 2. The lowest BCUT2D eigenvalue weighted by atomic mass is 10.1. The number of aromatic amines is 2. The quantitative estimate of drug-likeness (QED) is 0.551. The molecule has 140 valence electrons. The standard InChI is InChI=1S/C19H15ClN6O2/c1-11-17(7-16(25-24-11)15-9-21-19(28)23-18(15)27)26-10-13(8-22-26)6-12-2-4-14(20)5-3-12/h2-5,7-10H,6H2,1H3,(H2,21,23,27,28). The second-order valence-electron chi connectivity index (χ2n) is 6.28. The summed E-state index contributed by atoms with van der Waals surface area (Å²) in [6.07, 6.45) is 5.71. The van der Waals surface area contributed by atoms with Crippen molar-refractivity contribution in [2.24, 2.45) is 0 Å². The number of aromatic nitrogens is 6. The van der Waals surface area contributed by atoms with Gasteiger partial charge in [-0.3, -0.25) is 9.78 Å². The van der Waals surface area contributed by atoms with Gasteiger partial charge in [-0.15, -0.1) is 5.10 Å². The van der Waals surface area contributed by atoms with Crippen molar-refractivity contribution in [2.45, 2.75) is 13.3 Å². The van der Waals surface area contributed by atoms with E-state index >= 15 is 0 Å². The van der Waals surface area contributed by atoms with E-state index in [4.69, 9.17) is 11.6 Å². The fourth-order valence-corrected chi connectivity index (χ4v) is 2.95. The zero-order valence-corrected chi connectivity index (χ0v) is 15.6. The third-order valence-corrected chi connectivity index (χ3v) is 4.50. The molecule has 9 heteroatoms. The van der Waals surface area contributed by atoms with Crippen LogP contribution >= 0.6 is 11.6 Å². The van der Waals surface area contributed by atoms with Crippen molar-refractivity contribution < 1.29 is 0 Å². The van der Waals surface area contributed by atoms with Crippen LogP contribution in [0, 0.1) is 6.92 Å². The largest absolute Gasteiger partial charge is 0.325 e. The average Bonchev–Trinajstić information content (AvgIpc) is 3.13. The normalized spacial score (nSPS) is 10.9. The molecule has 0 saturated heterocycles. The Morgan fingerprint density at radius 2 is 1.89 bits per heavy atom. The molecular formula is C19H15ClN6O2. The number of hydrogen-bond acceptors (Lipinski definition) is 5. The summed E-state index contributed by atoms with van der Waals surface area (Å²) >= 11 is 5.93. The van der Waals surface area contributed by atoms with E-state index in [0.29, 0.717) is 28.5 Å². The molecule has 8 nitrogen and oxygen atoms in total. The first-order valence-corrected chi connectivity index (χ1v) is 8.82. The lowest BCUT2D eigenvalue weighted by Crippen LogP contribution is -2.23. The molecule has 0 fully saturated rings. The van der Waals surface area contributed by atoms with E-state index in [9.17, 15) is 9.59 Å². The van der Waals surface area contributed by atoms with Gasteiger partial charge >= 0.3 is 5.69 Å². The van der Waals surface area contributed by atoms with E-state index in [2.05, 4.69) is 25.3 Å². The third-order valence-electron chi connectivity index (χ3n) is 4.25. The van der Waals surface area contributed by atoms with Gasteiger partial charge in [-0.05, 0) is 36.2 Å². The van der Waals surface area contributed by atoms with E-state index in [1.165, 1.54) is 6.20 Å². The molecule has 0 spiro atoms. The Labute approximate surface area is 163 Å². The molecule has 1 aromatic carbocycles. The maximum Gasteiger partial charge on any atom is 0.325 e.